The normalized spacial score (nSPS) is 16.8. The minimum Gasteiger partial charge on any atom is -0.493 e. The lowest BCUT2D eigenvalue weighted by Crippen LogP contribution is -2.32. The topological polar surface area (TPSA) is 68.2 Å². The number of benzene rings is 1. The van der Waals surface area contributed by atoms with Gasteiger partial charge in [0.2, 0.25) is 0 Å². The molecule has 0 fully saturated rings. The summed E-state index contributed by atoms with van der Waals surface area (Å²) >= 11 is 0. The van der Waals surface area contributed by atoms with Crippen LogP contribution in [0, 0.1) is 5.82 Å². The summed E-state index contributed by atoms with van der Waals surface area (Å²) < 4.78 is 20.7. The molecule has 2 aromatic rings. The SMILES string of the molecule is CC(C)c1nn(C)cc1NC(=O)NC1CCCOc2cc(F)ccc21. The molecule has 0 aliphatic carbocycles. The Balaban J connectivity index is 1.75. The van der Waals surface area contributed by atoms with Crippen LogP contribution < -0.4 is 15.4 Å². The fourth-order valence-corrected chi connectivity index (χ4v) is 3.04. The Morgan fingerprint density at radius 3 is 3.00 bits per heavy atom. The van der Waals surface area contributed by atoms with E-state index in [0.717, 1.165) is 24.1 Å². The average Bonchev–Trinajstić information content (AvgIpc) is 2.79. The van der Waals surface area contributed by atoms with Gasteiger partial charge in [0, 0.05) is 24.9 Å². The summed E-state index contributed by atoms with van der Waals surface area (Å²) in [5, 5.41) is 10.2. The van der Waals surface area contributed by atoms with E-state index in [4.69, 9.17) is 4.74 Å². The van der Waals surface area contributed by atoms with E-state index in [1.54, 1.807) is 16.9 Å². The molecule has 1 aromatic carbocycles. The first kappa shape index (κ1) is 17.3. The van der Waals surface area contributed by atoms with Gasteiger partial charge >= 0.3 is 6.03 Å². The van der Waals surface area contributed by atoms with Crippen LogP contribution in [0.1, 0.15) is 49.9 Å². The van der Waals surface area contributed by atoms with Crippen molar-refractivity contribution in [3.8, 4) is 5.75 Å². The summed E-state index contributed by atoms with van der Waals surface area (Å²) in [5.41, 5.74) is 2.33. The van der Waals surface area contributed by atoms with E-state index >= 15 is 0 Å². The average molecular weight is 346 g/mol. The molecule has 2 heterocycles. The summed E-state index contributed by atoms with van der Waals surface area (Å²) in [6.45, 7) is 4.56. The Morgan fingerprint density at radius 2 is 2.24 bits per heavy atom. The van der Waals surface area contributed by atoms with E-state index in [9.17, 15) is 9.18 Å². The maximum atomic E-state index is 13.4. The van der Waals surface area contributed by atoms with Crippen LogP contribution in [0.25, 0.3) is 0 Å². The van der Waals surface area contributed by atoms with Crippen molar-refractivity contribution in [2.45, 2.75) is 38.6 Å². The van der Waals surface area contributed by atoms with Crippen molar-refractivity contribution in [1.29, 1.82) is 0 Å². The Morgan fingerprint density at radius 1 is 1.44 bits per heavy atom. The number of halogens is 1. The molecule has 2 amide bonds. The van der Waals surface area contributed by atoms with Crippen molar-refractivity contribution in [2.75, 3.05) is 11.9 Å². The number of urea groups is 1. The minimum atomic E-state index is -0.346. The maximum absolute atomic E-state index is 13.4. The second-order valence-corrected chi connectivity index (χ2v) is 6.58. The van der Waals surface area contributed by atoms with Gasteiger partial charge in [0.1, 0.15) is 11.6 Å². The summed E-state index contributed by atoms with van der Waals surface area (Å²) in [4.78, 5) is 12.5. The number of nitrogens with one attached hydrogen (secondary N) is 2. The van der Waals surface area contributed by atoms with Gasteiger partial charge in [-0.1, -0.05) is 19.9 Å². The van der Waals surface area contributed by atoms with Crippen molar-refractivity contribution >= 4 is 11.7 Å². The zero-order chi connectivity index (χ0) is 18.0. The Kier molecular flexibility index (Phi) is 4.92. The van der Waals surface area contributed by atoms with Gasteiger partial charge in [-0.25, -0.2) is 9.18 Å². The third-order valence-electron chi connectivity index (χ3n) is 4.20. The van der Waals surface area contributed by atoms with Gasteiger partial charge in [0.15, 0.2) is 0 Å². The number of aryl methyl sites for hydroxylation is 1. The van der Waals surface area contributed by atoms with Gasteiger partial charge in [0.25, 0.3) is 0 Å². The molecule has 0 radical (unpaired) electrons. The molecule has 1 unspecified atom stereocenters. The molecule has 3 rings (SSSR count). The van der Waals surface area contributed by atoms with E-state index in [1.165, 1.54) is 12.1 Å². The van der Waals surface area contributed by atoms with Crippen LogP contribution in [-0.2, 0) is 7.05 Å². The van der Waals surface area contributed by atoms with E-state index in [0.29, 0.717) is 18.0 Å². The predicted octanol–water partition coefficient (Wildman–Crippen LogP) is 3.72. The monoisotopic (exact) mass is 346 g/mol. The Hall–Kier alpha value is -2.57. The molecule has 0 saturated carbocycles. The first-order valence-electron chi connectivity index (χ1n) is 8.47. The quantitative estimate of drug-likeness (QED) is 0.890. The molecule has 7 heteroatoms. The first-order valence-corrected chi connectivity index (χ1v) is 8.47. The molecular weight excluding hydrogens is 323 g/mol. The molecule has 1 aliphatic heterocycles. The van der Waals surface area contributed by atoms with Gasteiger partial charge in [-0.2, -0.15) is 5.10 Å². The number of amides is 2. The Labute approximate surface area is 146 Å². The molecule has 134 valence electrons. The van der Waals surface area contributed by atoms with Gasteiger partial charge in [-0.3, -0.25) is 4.68 Å². The highest BCUT2D eigenvalue weighted by molar-refractivity contribution is 5.90. The largest absolute Gasteiger partial charge is 0.493 e. The van der Waals surface area contributed by atoms with E-state index in [1.807, 2.05) is 20.9 Å². The van der Waals surface area contributed by atoms with Crippen LogP contribution in [0.3, 0.4) is 0 Å². The number of rotatable bonds is 3. The van der Waals surface area contributed by atoms with Crippen molar-refractivity contribution in [1.82, 2.24) is 15.1 Å². The number of hydrogen-bond acceptors (Lipinski definition) is 3. The number of carbonyl (C=O) groups is 1. The highest BCUT2D eigenvalue weighted by atomic mass is 19.1. The minimum absolute atomic E-state index is 0.200. The first-order chi connectivity index (χ1) is 11.9. The molecule has 0 bridgehead atoms. The second kappa shape index (κ2) is 7.13. The van der Waals surface area contributed by atoms with Gasteiger partial charge in [-0.05, 0) is 24.8 Å². The zero-order valence-electron chi connectivity index (χ0n) is 14.7. The Bertz CT molecular complexity index is 772. The van der Waals surface area contributed by atoms with E-state index in [-0.39, 0.29) is 23.8 Å². The van der Waals surface area contributed by atoms with Crippen molar-refractivity contribution < 1.29 is 13.9 Å². The summed E-state index contributed by atoms with van der Waals surface area (Å²) in [6, 6.07) is 3.89. The third kappa shape index (κ3) is 3.92. The van der Waals surface area contributed by atoms with Crippen molar-refractivity contribution in [3.63, 3.8) is 0 Å². The van der Waals surface area contributed by atoms with Crippen LogP contribution in [0.4, 0.5) is 14.9 Å². The highest BCUT2D eigenvalue weighted by Crippen LogP contribution is 2.32. The smallest absolute Gasteiger partial charge is 0.319 e. The third-order valence-corrected chi connectivity index (χ3v) is 4.20. The standard InChI is InChI=1S/C18H23FN4O2/c1-11(2)17-15(10-23(3)22-17)21-18(24)20-14-5-4-8-25-16-9-12(19)6-7-13(14)16/h6-7,9-11,14H,4-5,8H2,1-3H3,(H2,20,21,24). The lowest BCUT2D eigenvalue weighted by molar-refractivity contribution is 0.247. The predicted molar refractivity (Wildman–Crippen MR) is 93.3 cm³/mol. The van der Waals surface area contributed by atoms with Crippen LogP contribution in [0.2, 0.25) is 0 Å². The number of hydrogen-bond donors (Lipinski definition) is 2. The van der Waals surface area contributed by atoms with Crippen LogP contribution >= 0.6 is 0 Å². The molecule has 0 spiro atoms. The maximum Gasteiger partial charge on any atom is 0.319 e. The fraction of sp³-hybridized carbons (Fsp3) is 0.444. The van der Waals surface area contributed by atoms with E-state index in [2.05, 4.69) is 15.7 Å². The summed E-state index contributed by atoms with van der Waals surface area (Å²) in [7, 11) is 1.82. The number of nitrogens with zero attached hydrogens (tertiary/aromatic N) is 2. The van der Waals surface area contributed by atoms with E-state index < -0.39 is 0 Å². The van der Waals surface area contributed by atoms with Gasteiger partial charge in [0.05, 0.1) is 24.0 Å². The number of ether oxygens (including phenoxy) is 1. The summed E-state index contributed by atoms with van der Waals surface area (Å²) in [6.07, 6.45) is 3.30. The van der Waals surface area contributed by atoms with Gasteiger partial charge in [-0.15, -0.1) is 0 Å². The molecule has 1 aliphatic rings. The zero-order valence-corrected chi connectivity index (χ0v) is 14.7. The summed E-state index contributed by atoms with van der Waals surface area (Å²) in [5.74, 6) is 0.347. The molecule has 0 saturated heterocycles. The van der Waals surface area contributed by atoms with Crippen LogP contribution in [0.5, 0.6) is 5.75 Å². The number of carbonyl (C=O) groups excluding carboxylic acids is 1. The molecule has 2 N–H and O–H groups in total. The fourth-order valence-electron chi connectivity index (χ4n) is 3.04. The van der Waals surface area contributed by atoms with Crippen LogP contribution in [-0.4, -0.2) is 22.4 Å². The molecule has 1 aromatic heterocycles. The number of aromatic nitrogens is 2. The molecule has 6 nitrogen and oxygen atoms in total. The molecule has 1 atom stereocenters. The lowest BCUT2D eigenvalue weighted by atomic mass is 10.0. The number of fused-ring (bicyclic) bond motifs is 1. The van der Waals surface area contributed by atoms with Gasteiger partial charge < -0.3 is 15.4 Å². The highest BCUT2D eigenvalue weighted by Gasteiger charge is 2.23. The van der Waals surface area contributed by atoms with Crippen LogP contribution in [0.15, 0.2) is 24.4 Å². The second-order valence-electron chi connectivity index (χ2n) is 6.58. The lowest BCUT2D eigenvalue weighted by Gasteiger charge is -2.19. The molecular formula is C18H23FN4O2. The van der Waals surface area contributed by atoms with Crippen molar-refractivity contribution in [3.05, 3.63) is 41.5 Å². The number of anilines is 1. The molecule has 25 heavy (non-hydrogen) atoms. The van der Waals surface area contributed by atoms with Crippen molar-refractivity contribution in [2.24, 2.45) is 7.05 Å².